The number of hydrogen-bond donors (Lipinski definition) is 2. The molecule has 1 fully saturated rings. The number of aromatic nitrogens is 4. The van der Waals surface area contributed by atoms with E-state index in [2.05, 4.69) is 39.5 Å². The van der Waals surface area contributed by atoms with Gasteiger partial charge in [-0.1, -0.05) is 13.8 Å². The SMILES string of the molecule is CC(C)c1nc(C(=O)Nc2nc(C3CCNCC3)nn2C)cs1.Cl. The lowest BCUT2D eigenvalue weighted by molar-refractivity contribution is 0.102. The van der Waals surface area contributed by atoms with Crippen LogP contribution >= 0.6 is 23.7 Å². The minimum Gasteiger partial charge on any atom is -0.317 e. The van der Waals surface area contributed by atoms with E-state index in [-0.39, 0.29) is 18.3 Å². The van der Waals surface area contributed by atoms with Crippen molar-refractivity contribution < 1.29 is 4.79 Å². The summed E-state index contributed by atoms with van der Waals surface area (Å²) in [6.45, 7) is 6.10. The van der Waals surface area contributed by atoms with E-state index in [0.717, 1.165) is 36.8 Å². The first-order chi connectivity index (χ1) is 11.0. The van der Waals surface area contributed by atoms with Gasteiger partial charge in [-0.25, -0.2) is 9.67 Å². The second-order valence-electron chi connectivity index (χ2n) is 6.12. The lowest BCUT2D eigenvalue weighted by Crippen LogP contribution is -2.27. The van der Waals surface area contributed by atoms with E-state index >= 15 is 0 Å². The Labute approximate surface area is 151 Å². The maximum atomic E-state index is 12.3. The fourth-order valence-corrected chi connectivity index (χ4v) is 3.40. The molecule has 0 bridgehead atoms. The lowest BCUT2D eigenvalue weighted by atomic mass is 9.98. The zero-order chi connectivity index (χ0) is 16.4. The second-order valence-corrected chi connectivity index (χ2v) is 7.01. The molecule has 0 unspecified atom stereocenters. The van der Waals surface area contributed by atoms with Gasteiger partial charge >= 0.3 is 0 Å². The first-order valence-electron chi connectivity index (χ1n) is 7.93. The van der Waals surface area contributed by atoms with E-state index in [4.69, 9.17) is 0 Å². The van der Waals surface area contributed by atoms with Crippen molar-refractivity contribution in [2.75, 3.05) is 18.4 Å². The van der Waals surface area contributed by atoms with Gasteiger partial charge in [0.1, 0.15) is 5.69 Å². The molecule has 3 heterocycles. The smallest absolute Gasteiger partial charge is 0.277 e. The minimum absolute atomic E-state index is 0. The Morgan fingerprint density at radius 1 is 1.38 bits per heavy atom. The number of nitrogens with zero attached hydrogens (tertiary/aromatic N) is 4. The van der Waals surface area contributed by atoms with Crippen LogP contribution in [0.5, 0.6) is 0 Å². The van der Waals surface area contributed by atoms with E-state index in [9.17, 15) is 4.79 Å². The molecule has 7 nitrogen and oxygen atoms in total. The maximum absolute atomic E-state index is 12.3. The standard InChI is InChI=1S/C15H22N6OS.ClH/c1-9(2)14-17-11(8-23-14)13(22)19-15-18-12(20-21(15)3)10-4-6-16-7-5-10;/h8-10,16H,4-7H2,1-3H3,(H,18,19,20,22);1H. The molecule has 0 atom stereocenters. The monoisotopic (exact) mass is 370 g/mol. The van der Waals surface area contributed by atoms with Gasteiger partial charge < -0.3 is 5.32 Å². The molecule has 2 aromatic rings. The van der Waals surface area contributed by atoms with Gasteiger partial charge in [0.05, 0.1) is 5.01 Å². The molecular weight excluding hydrogens is 348 g/mol. The number of aryl methyl sites for hydroxylation is 1. The Morgan fingerprint density at radius 2 is 2.08 bits per heavy atom. The number of halogens is 1. The number of piperidine rings is 1. The second kappa shape index (κ2) is 8.04. The Morgan fingerprint density at radius 3 is 2.71 bits per heavy atom. The van der Waals surface area contributed by atoms with E-state index in [1.54, 1.807) is 17.1 Å². The number of carbonyl (C=O) groups is 1. The predicted octanol–water partition coefficient (Wildman–Crippen LogP) is 2.54. The van der Waals surface area contributed by atoms with Gasteiger partial charge in [0, 0.05) is 24.3 Å². The summed E-state index contributed by atoms with van der Waals surface area (Å²) in [5.74, 6) is 1.73. The number of nitrogens with one attached hydrogen (secondary N) is 2. The molecule has 1 aliphatic rings. The average molecular weight is 371 g/mol. The molecule has 0 saturated carbocycles. The summed E-state index contributed by atoms with van der Waals surface area (Å²) >= 11 is 1.51. The van der Waals surface area contributed by atoms with Gasteiger partial charge in [0.2, 0.25) is 5.95 Å². The average Bonchev–Trinajstić information content (AvgIpc) is 3.16. The van der Waals surface area contributed by atoms with Crippen molar-refractivity contribution in [2.45, 2.75) is 38.5 Å². The largest absolute Gasteiger partial charge is 0.317 e. The van der Waals surface area contributed by atoms with E-state index in [1.165, 1.54) is 11.3 Å². The zero-order valence-corrected chi connectivity index (χ0v) is 15.7. The highest BCUT2D eigenvalue weighted by Gasteiger charge is 2.22. The third-order valence-corrected chi connectivity index (χ3v) is 5.10. The van der Waals surface area contributed by atoms with Gasteiger partial charge in [-0.3, -0.25) is 10.1 Å². The van der Waals surface area contributed by atoms with Crippen molar-refractivity contribution >= 4 is 35.6 Å². The molecule has 9 heteroatoms. The van der Waals surface area contributed by atoms with Crippen LogP contribution in [0, 0.1) is 0 Å². The van der Waals surface area contributed by atoms with E-state index < -0.39 is 0 Å². The van der Waals surface area contributed by atoms with Crippen molar-refractivity contribution in [1.29, 1.82) is 0 Å². The summed E-state index contributed by atoms with van der Waals surface area (Å²) in [7, 11) is 1.80. The van der Waals surface area contributed by atoms with Crippen molar-refractivity contribution in [3.8, 4) is 0 Å². The quantitative estimate of drug-likeness (QED) is 0.863. The van der Waals surface area contributed by atoms with Gasteiger partial charge in [-0.2, -0.15) is 10.1 Å². The Bertz CT molecular complexity index is 692. The summed E-state index contributed by atoms with van der Waals surface area (Å²) in [4.78, 5) is 21.2. The summed E-state index contributed by atoms with van der Waals surface area (Å²) in [5, 5.41) is 13.4. The number of hydrogen-bond acceptors (Lipinski definition) is 6. The molecule has 3 rings (SSSR count). The van der Waals surface area contributed by atoms with Crippen LogP contribution in [0.1, 0.15) is 59.8 Å². The summed E-state index contributed by atoms with van der Waals surface area (Å²) in [5.41, 5.74) is 0.435. The molecule has 0 spiro atoms. The molecule has 24 heavy (non-hydrogen) atoms. The highest BCUT2D eigenvalue weighted by atomic mass is 35.5. The fraction of sp³-hybridized carbons (Fsp3) is 0.600. The first-order valence-corrected chi connectivity index (χ1v) is 8.81. The Hall–Kier alpha value is -1.51. The minimum atomic E-state index is -0.236. The number of rotatable bonds is 4. The van der Waals surface area contributed by atoms with Crippen LogP contribution in [-0.2, 0) is 7.05 Å². The Kier molecular flexibility index (Phi) is 6.31. The highest BCUT2D eigenvalue weighted by Crippen LogP contribution is 2.24. The number of amides is 1. The van der Waals surface area contributed by atoms with Crippen LogP contribution in [0.25, 0.3) is 0 Å². The molecule has 0 radical (unpaired) electrons. The molecule has 2 aromatic heterocycles. The number of anilines is 1. The van der Waals surface area contributed by atoms with Crippen LogP contribution in [0.3, 0.4) is 0 Å². The maximum Gasteiger partial charge on any atom is 0.277 e. The molecule has 1 amide bonds. The first kappa shape index (κ1) is 18.8. The van der Waals surface area contributed by atoms with Crippen LogP contribution in [-0.4, -0.2) is 38.7 Å². The molecule has 2 N–H and O–H groups in total. The molecule has 1 aliphatic heterocycles. The molecular formula is C15H23ClN6OS. The molecule has 132 valence electrons. The number of carbonyl (C=O) groups excluding carboxylic acids is 1. The topological polar surface area (TPSA) is 84.7 Å². The lowest BCUT2D eigenvalue weighted by Gasteiger charge is -2.19. The van der Waals surface area contributed by atoms with Gasteiger partial charge in [0.15, 0.2) is 5.82 Å². The molecule has 1 saturated heterocycles. The van der Waals surface area contributed by atoms with Crippen molar-refractivity contribution in [3.05, 3.63) is 21.9 Å². The summed E-state index contributed by atoms with van der Waals surface area (Å²) in [6.07, 6.45) is 2.06. The normalized spacial score (nSPS) is 15.3. The van der Waals surface area contributed by atoms with Crippen molar-refractivity contribution in [1.82, 2.24) is 25.1 Å². The van der Waals surface area contributed by atoms with Crippen LogP contribution in [0.4, 0.5) is 5.95 Å². The third-order valence-electron chi connectivity index (χ3n) is 3.96. The van der Waals surface area contributed by atoms with Gasteiger partial charge in [0.25, 0.3) is 5.91 Å². The number of thiazole rings is 1. The molecule has 0 aliphatic carbocycles. The van der Waals surface area contributed by atoms with Crippen LogP contribution < -0.4 is 10.6 Å². The summed E-state index contributed by atoms with van der Waals surface area (Å²) < 4.78 is 1.63. The Balaban J connectivity index is 0.00000208. The molecule has 0 aromatic carbocycles. The van der Waals surface area contributed by atoms with Crippen molar-refractivity contribution in [3.63, 3.8) is 0 Å². The third kappa shape index (κ3) is 4.12. The predicted molar refractivity (Wildman–Crippen MR) is 97.3 cm³/mol. The fourth-order valence-electron chi connectivity index (χ4n) is 2.59. The van der Waals surface area contributed by atoms with Crippen molar-refractivity contribution in [2.24, 2.45) is 7.05 Å². The highest BCUT2D eigenvalue weighted by molar-refractivity contribution is 7.09. The van der Waals surface area contributed by atoms with Gasteiger partial charge in [-0.15, -0.1) is 23.7 Å². The van der Waals surface area contributed by atoms with Gasteiger partial charge in [-0.05, 0) is 25.9 Å². The van der Waals surface area contributed by atoms with Crippen LogP contribution in [0.2, 0.25) is 0 Å². The van der Waals surface area contributed by atoms with Crippen LogP contribution in [0.15, 0.2) is 5.38 Å². The summed E-state index contributed by atoms with van der Waals surface area (Å²) in [6, 6.07) is 0. The van der Waals surface area contributed by atoms with E-state index in [1.807, 2.05) is 0 Å². The zero-order valence-electron chi connectivity index (χ0n) is 14.1. The van der Waals surface area contributed by atoms with E-state index in [0.29, 0.717) is 23.5 Å².